The van der Waals surface area contributed by atoms with E-state index in [0.717, 1.165) is 16.4 Å². The Balaban J connectivity index is 2.91. The summed E-state index contributed by atoms with van der Waals surface area (Å²) in [4.78, 5) is 14.5. The Morgan fingerprint density at radius 2 is 2.42 bits per heavy atom. The van der Waals surface area contributed by atoms with Gasteiger partial charge in [-0.2, -0.15) is 0 Å². The molecule has 2 rings (SSSR count). The number of carbonyl (C=O) groups excluding carboxylic acids is 1. The molecule has 0 unspecified atom stereocenters. The van der Waals surface area contributed by atoms with Crippen LogP contribution in [0.4, 0.5) is 0 Å². The highest BCUT2D eigenvalue weighted by atomic mass is 35.5. The van der Waals surface area contributed by atoms with Gasteiger partial charge in [0, 0.05) is 16.3 Å². The van der Waals surface area contributed by atoms with Gasteiger partial charge < -0.3 is 0 Å². The summed E-state index contributed by atoms with van der Waals surface area (Å²) in [6.45, 7) is 0. The zero-order valence-electron chi connectivity index (χ0n) is 5.95. The van der Waals surface area contributed by atoms with Crippen molar-refractivity contribution in [2.75, 3.05) is 0 Å². The Bertz CT molecular complexity index is 438. The molecule has 0 N–H and O–H groups in total. The first kappa shape index (κ1) is 7.71. The largest absolute Gasteiger partial charge is 0.298 e. The maximum absolute atomic E-state index is 10.6. The topological polar surface area (TPSA) is 30.0 Å². The number of thiophene rings is 1. The maximum atomic E-state index is 10.6. The molecule has 0 aromatic carbocycles. The van der Waals surface area contributed by atoms with Crippen molar-refractivity contribution in [3.63, 3.8) is 0 Å². The standard InChI is InChI=1S/C8H4ClNOS/c9-8-6(4-11)7-5(3-10-8)1-2-12-7/h1-4H. The van der Waals surface area contributed by atoms with Crippen LogP contribution < -0.4 is 0 Å². The number of halogens is 1. The molecule has 0 amide bonds. The van der Waals surface area contributed by atoms with E-state index in [-0.39, 0.29) is 5.15 Å². The summed E-state index contributed by atoms with van der Waals surface area (Å²) in [5.41, 5.74) is 0.490. The molecule has 0 fully saturated rings. The van der Waals surface area contributed by atoms with Gasteiger partial charge in [0.15, 0.2) is 6.29 Å². The molecule has 12 heavy (non-hydrogen) atoms. The second kappa shape index (κ2) is 2.84. The van der Waals surface area contributed by atoms with E-state index < -0.39 is 0 Å². The average Bonchev–Trinajstić information content (AvgIpc) is 2.52. The number of aromatic nitrogens is 1. The zero-order chi connectivity index (χ0) is 8.55. The van der Waals surface area contributed by atoms with Crippen molar-refractivity contribution in [1.82, 2.24) is 4.98 Å². The highest BCUT2D eigenvalue weighted by Gasteiger charge is 2.06. The van der Waals surface area contributed by atoms with Crippen molar-refractivity contribution < 1.29 is 4.79 Å². The number of fused-ring (bicyclic) bond motifs is 1. The maximum Gasteiger partial charge on any atom is 0.154 e. The van der Waals surface area contributed by atoms with E-state index in [9.17, 15) is 4.79 Å². The predicted molar refractivity (Wildman–Crippen MR) is 50.0 cm³/mol. The molecular weight excluding hydrogens is 194 g/mol. The van der Waals surface area contributed by atoms with Crippen LogP contribution in [-0.4, -0.2) is 11.3 Å². The smallest absolute Gasteiger partial charge is 0.154 e. The van der Waals surface area contributed by atoms with E-state index in [1.165, 1.54) is 11.3 Å². The number of rotatable bonds is 1. The third-order valence-electron chi connectivity index (χ3n) is 1.60. The van der Waals surface area contributed by atoms with E-state index in [0.29, 0.717) is 5.56 Å². The molecule has 2 aromatic heterocycles. The lowest BCUT2D eigenvalue weighted by Gasteiger charge is -1.95. The van der Waals surface area contributed by atoms with Crippen LogP contribution in [0, 0.1) is 0 Å². The predicted octanol–water partition coefficient (Wildman–Crippen LogP) is 2.76. The fraction of sp³-hybridized carbons (Fsp3) is 0. The second-order valence-corrected chi connectivity index (χ2v) is 3.56. The highest BCUT2D eigenvalue weighted by molar-refractivity contribution is 7.17. The van der Waals surface area contributed by atoms with Gasteiger partial charge in [0.25, 0.3) is 0 Å². The Morgan fingerprint density at radius 3 is 3.17 bits per heavy atom. The SMILES string of the molecule is O=Cc1c(Cl)ncc2ccsc12. The van der Waals surface area contributed by atoms with E-state index in [1.807, 2.05) is 11.4 Å². The number of aldehydes is 1. The van der Waals surface area contributed by atoms with E-state index >= 15 is 0 Å². The quantitative estimate of drug-likeness (QED) is 0.520. The van der Waals surface area contributed by atoms with Gasteiger partial charge in [0.1, 0.15) is 5.15 Å². The molecule has 0 spiro atoms. The molecular formula is C8H4ClNOS. The number of nitrogens with zero attached hydrogens (tertiary/aromatic N) is 1. The molecule has 2 nitrogen and oxygen atoms in total. The minimum absolute atomic E-state index is 0.278. The molecule has 0 aliphatic rings. The molecule has 60 valence electrons. The van der Waals surface area contributed by atoms with Crippen molar-refractivity contribution in [2.24, 2.45) is 0 Å². The summed E-state index contributed by atoms with van der Waals surface area (Å²) in [5, 5.41) is 3.15. The summed E-state index contributed by atoms with van der Waals surface area (Å²) in [7, 11) is 0. The first-order chi connectivity index (χ1) is 5.83. The molecule has 0 saturated heterocycles. The van der Waals surface area contributed by atoms with Crippen LogP contribution in [0.5, 0.6) is 0 Å². The van der Waals surface area contributed by atoms with Crippen molar-refractivity contribution >= 4 is 39.3 Å². The van der Waals surface area contributed by atoms with Crippen LogP contribution >= 0.6 is 22.9 Å². The van der Waals surface area contributed by atoms with Crippen molar-refractivity contribution in [1.29, 1.82) is 0 Å². The second-order valence-electron chi connectivity index (χ2n) is 2.29. The number of pyridine rings is 1. The molecule has 0 bridgehead atoms. The normalized spacial score (nSPS) is 10.4. The summed E-state index contributed by atoms with van der Waals surface area (Å²) < 4.78 is 0.907. The van der Waals surface area contributed by atoms with E-state index in [2.05, 4.69) is 4.98 Å². The van der Waals surface area contributed by atoms with Crippen molar-refractivity contribution in [3.05, 3.63) is 28.4 Å². The minimum Gasteiger partial charge on any atom is -0.298 e. The zero-order valence-corrected chi connectivity index (χ0v) is 7.52. The Morgan fingerprint density at radius 1 is 1.58 bits per heavy atom. The van der Waals surface area contributed by atoms with Crippen LogP contribution in [0.25, 0.3) is 10.1 Å². The van der Waals surface area contributed by atoms with Gasteiger partial charge in [-0.05, 0) is 11.4 Å². The van der Waals surface area contributed by atoms with Crippen LogP contribution in [-0.2, 0) is 0 Å². The van der Waals surface area contributed by atoms with Gasteiger partial charge in [0.2, 0.25) is 0 Å². The van der Waals surface area contributed by atoms with E-state index in [1.54, 1.807) is 6.20 Å². The molecule has 0 aliphatic carbocycles. The van der Waals surface area contributed by atoms with Crippen molar-refractivity contribution in [3.8, 4) is 0 Å². The average molecular weight is 198 g/mol. The van der Waals surface area contributed by atoms with Gasteiger partial charge >= 0.3 is 0 Å². The Labute approximate surface area is 77.8 Å². The van der Waals surface area contributed by atoms with Gasteiger partial charge in [-0.15, -0.1) is 11.3 Å². The Kier molecular flexibility index (Phi) is 1.83. The molecule has 0 radical (unpaired) electrons. The number of hydrogen-bond acceptors (Lipinski definition) is 3. The first-order valence-corrected chi connectivity index (χ1v) is 4.55. The number of carbonyl (C=O) groups is 1. The molecule has 2 aromatic rings. The fourth-order valence-electron chi connectivity index (χ4n) is 1.03. The minimum atomic E-state index is 0.278. The Hall–Kier alpha value is -0.930. The summed E-state index contributed by atoms with van der Waals surface area (Å²) in [5.74, 6) is 0. The third-order valence-corrected chi connectivity index (χ3v) is 2.86. The molecule has 2 heterocycles. The molecule has 0 atom stereocenters. The molecule has 4 heteroatoms. The molecule has 0 saturated carbocycles. The monoisotopic (exact) mass is 197 g/mol. The van der Waals surface area contributed by atoms with Crippen LogP contribution in [0.3, 0.4) is 0 Å². The van der Waals surface area contributed by atoms with E-state index in [4.69, 9.17) is 11.6 Å². The molecule has 0 aliphatic heterocycles. The van der Waals surface area contributed by atoms with Crippen molar-refractivity contribution in [2.45, 2.75) is 0 Å². The highest BCUT2D eigenvalue weighted by Crippen LogP contribution is 2.26. The fourth-order valence-corrected chi connectivity index (χ4v) is 2.15. The number of hydrogen-bond donors (Lipinski definition) is 0. The van der Waals surface area contributed by atoms with Crippen LogP contribution in [0.2, 0.25) is 5.15 Å². The third kappa shape index (κ3) is 1.02. The first-order valence-electron chi connectivity index (χ1n) is 3.30. The van der Waals surface area contributed by atoms with Crippen LogP contribution in [0.15, 0.2) is 17.6 Å². The summed E-state index contributed by atoms with van der Waals surface area (Å²) in [6, 6.07) is 1.91. The van der Waals surface area contributed by atoms with Gasteiger partial charge in [-0.1, -0.05) is 11.6 Å². The lowest BCUT2D eigenvalue weighted by atomic mass is 10.2. The lowest BCUT2D eigenvalue weighted by molar-refractivity contribution is 0.112. The summed E-state index contributed by atoms with van der Waals surface area (Å²) >= 11 is 7.22. The van der Waals surface area contributed by atoms with Gasteiger partial charge in [-0.25, -0.2) is 4.98 Å². The lowest BCUT2D eigenvalue weighted by Crippen LogP contribution is -1.84. The summed E-state index contributed by atoms with van der Waals surface area (Å²) in [6.07, 6.45) is 2.41. The van der Waals surface area contributed by atoms with Gasteiger partial charge in [0.05, 0.1) is 5.56 Å². The van der Waals surface area contributed by atoms with Crippen LogP contribution in [0.1, 0.15) is 10.4 Å². The van der Waals surface area contributed by atoms with Gasteiger partial charge in [-0.3, -0.25) is 4.79 Å².